The molecule has 19 heavy (non-hydrogen) atoms. The zero-order valence-electron chi connectivity index (χ0n) is 8.53. The van der Waals surface area contributed by atoms with Crippen LogP contribution in [0.1, 0.15) is 0 Å². The summed E-state index contributed by atoms with van der Waals surface area (Å²) in [6.45, 7) is 0. The number of carbonyl (C=O) groups excluding carboxylic acids is 3. The minimum Gasteiger partial charge on any atom is -0.544 e. The monoisotopic (exact) mass is 400 g/mol. The number of hydrogen-bond donors (Lipinski definition) is 0. The van der Waals surface area contributed by atoms with Gasteiger partial charge in [-0.1, -0.05) is 0 Å². The second kappa shape index (κ2) is 14.9. The van der Waals surface area contributed by atoms with E-state index in [4.69, 9.17) is 29.7 Å². The van der Waals surface area contributed by atoms with Crippen LogP contribution in [0.3, 0.4) is 0 Å². The van der Waals surface area contributed by atoms with Gasteiger partial charge in [-0.05, 0) is 0 Å². The quantitative estimate of drug-likeness (QED) is 0.457. The van der Waals surface area contributed by atoms with Gasteiger partial charge >= 0.3 is 25.8 Å². The van der Waals surface area contributed by atoms with Crippen LogP contribution in [0.15, 0.2) is 0 Å². The van der Waals surface area contributed by atoms with Crippen LogP contribution in [-0.2, 0) is 14.4 Å². The van der Waals surface area contributed by atoms with Crippen molar-refractivity contribution in [3.63, 3.8) is 0 Å². The maximum absolute atomic E-state index is 10.5. The van der Waals surface area contributed by atoms with Crippen LogP contribution in [0.2, 0.25) is 0 Å². The van der Waals surface area contributed by atoms with E-state index < -0.39 is 37.2 Å². The van der Waals surface area contributed by atoms with Crippen LogP contribution in [0.25, 0.3) is 0 Å². The van der Waals surface area contributed by atoms with E-state index in [1.807, 2.05) is 0 Å². The number of alkyl halides is 6. The molecule has 0 aromatic rings. The first kappa shape index (κ1) is 26.4. The molecule has 13 heteroatoms. The maximum Gasteiger partial charge on any atom is 3.00 e. The van der Waals surface area contributed by atoms with Crippen LogP contribution in [-0.4, -0.2) is 63.0 Å². The molecule has 0 amide bonds. The topological polar surface area (TPSA) is 120 Å². The van der Waals surface area contributed by atoms with Crippen molar-refractivity contribution in [1.29, 1.82) is 0 Å². The summed E-state index contributed by atoms with van der Waals surface area (Å²) < 4.78 is 63.0. The van der Waals surface area contributed by atoms with Crippen LogP contribution >= 0.6 is 0 Å². The summed E-state index contributed by atoms with van der Waals surface area (Å²) in [6.07, 6.45) is -10.0. The van der Waals surface area contributed by atoms with Crippen LogP contribution in [0, 0.1) is 0 Å². The van der Waals surface area contributed by atoms with Gasteiger partial charge in [-0.2, -0.15) is 0 Å². The van der Waals surface area contributed by atoms with Crippen molar-refractivity contribution in [1.82, 2.24) is 0 Å². The Kier molecular flexibility index (Phi) is 20.8. The minimum atomic E-state index is -3.34. The summed E-state index contributed by atoms with van der Waals surface area (Å²) in [7, 11) is 0. The van der Waals surface area contributed by atoms with Gasteiger partial charge in [0.05, 0.1) is 0 Å². The average Bonchev–Trinajstić information content (AvgIpc) is 2.18. The molecule has 0 heterocycles. The third-order valence-corrected chi connectivity index (χ3v) is 0.535. The predicted octanol–water partition coefficient (Wildman–Crippen LogP) is -3.38. The van der Waals surface area contributed by atoms with Gasteiger partial charge in [0.1, 0.15) is 17.9 Å². The van der Waals surface area contributed by atoms with E-state index in [2.05, 4.69) is 0 Å². The van der Waals surface area contributed by atoms with Crippen molar-refractivity contribution < 1.29 is 56.0 Å². The van der Waals surface area contributed by atoms with E-state index in [9.17, 15) is 26.3 Å². The predicted molar refractivity (Wildman–Crippen MR) is 38.8 cm³/mol. The molecule has 0 rings (SSSR count). The molecule has 0 aliphatic rings. The van der Waals surface area contributed by atoms with Crippen molar-refractivity contribution in [3.8, 4) is 0 Å². The molecule has 0 saturated carbocycles. The Morgan fingerprint density at radius 2 is 0.632 bits per heavy atom. The van der Waals surface area contributed by atoms with E-state index >= 15 is 0 Å². The SMILES string of the molecule is O=C([O-])C(F)F.O=C([O-])C(F)F.O=C([O-])C(F)F.[In+3]. The van der Waals surface area contributed by atoms with Crippen LogP contribution in [0.4, 0.5) is 26.3 Å². The van der Waals surface area contributed by atoms with Crippen molar-refractivity contribution in [3.05, 3.63) is 0 Å². The molecule has 0 aromatic heterocycles. The summed E-state index contributed by atoms with van der Waals surface area (Å²) in [5.74, 6) is -6.97. The molecule has 0 N–H and O–H groups in total. The molecule has 0 unspecified atom stereocenters. The van der Waals surface area contributed by atoms with Gasteiger partial charge in [0.25, 0.3) is 19.3 Å². The van der Waals surface area contributed by atoms with Crippen molar-refractivity contribution in [2.75, 3.05) is 0 Å². The first-order valence-electron chi connectivity index (χ1n) is 3.40. The number of aliphatic carboxylic acids is 3. The molecule has 0 fully saturated rings. The van der Waals surface area contributed by atoms with Gasteiger partial charge in [0.2, 0.25) is 0 Å². The fourth-order valence-corrected chi connectivity index (χ4v) is 0. The Hall–Kier alpha value is -1.14. The zero-order chi connectivity index (χ0) is 15.5. The van der Waals surface area contributed by atoms with E-state index in [1.165, 1.54) is 0 Å². The number of hydrogen-bond acceptors (Lipinski definition) is 6. The Balaban J connectivity index is -0.0000000865. The second-order valence-corrected chi connectivity index (χ2v) is 1.86. The Morgan fingerprint density at radius 1 is 0.579 bits per heavy atom. The fraction of sp³-hybridized carbons (Fsp3) is 0.500. The summed E-state index contributed by atoms with van der Waals surface area (Å²) in [5, 5.41) is 26.5. The summed E-state index contributed by atoms with van der Waals surface area (Å²) in [5.41, 5.74) is 0. The van der Waals surface area contributed by atoms with Crippen molar-refractivity contribution in [2.45, 2.75) is 19.3 Å². The Bertz CT molecular complexity index is 230. The molecule has 0 aliphatic carbocycles. The van der Waals surface area contributed by atoms with E-state index in [1.54, 1.807) is 0 Å². The molecular formula is C6H3F6InO6. The first-order chi connectivity index (χ1) is 7.93. The van der Waals surface area contributed by atoms with Crippen molar-refractivity contribution >= 4 is 43.8 Å². The molecule has 108 valence electrons. The Morgan fingerprint density at radius 3 is 0.632 bits per heavy atom. The molecule has 0 aliphatic heterocycles. The van der Waals surface area contributed by atoms with Gasteiger partial charge in [0, 0.05) is 0 Å². The van der Waals surface area contributed by atoms with Gasteiger partial charge < -0.3 is 29.7 Å². The van der Waals surface area contributed by atoms with Crippen molar-refractivity contribution in [2.24, 2.45) is 0 Å². The van der Waals surface area contributed by atoms with Gasteiger partial charge in [-0.25, -0.2) is 26.3 Å². The number of halogens is 6. The smallest absolute Gasteiger partial charge is 0.544 e. The molecule has 0 aromatic carbocycles. The summed E-state index contributed by atoms with van der Waals surface area (Å²) >= 11 is 0. The molecule has 0 saturated heterocycles. The molecule has 0 spiro atoms. The standard InChI is InChI=1S/3C2H2F2O2.In/c3*3-1(4)2(5)6;/h3*1H,(H,5,6);/q;;;+3/p-3. The molecular weight excluding hydrogens is 397 g/mol. The largest absolute Gasteiger partial charge is 3.00 e. The Labute approximate surface area is 119 Å². The fourth-order valence-electron chi connectivity index (χ4n) is 0. The molecule has 0 bridgehead atoms. The number of carboxylic acid groups (broad SMARTS) is 3. The third kappa shape index (κ3) is 31.6. The molecule has 6 nitrogen and oxygen atoms in total. The second-order valence-electron chi connectivity index (χ2n) is 1.86. The number of carboxylic acids is 3. The minimum absolute atomic E-state index is 0. The van der Waals surface area contributed by atoms with Gasteiger partial charge in [-0.3, -0.25) is 0 Å². The van der Waals surface area contributed by atoms with Gasteiger partial charge in [-0.15, -0.1) is 0 Å². The van der Waals surface area contributed by atoms with Crippen LogP contribution < -0.4 is 15.3 Å². The van der Waals surface area contributed by atoms with Crippen LogP contribution in [0.5, 0.6) is 0 Å². The number of rotatable bonds is 3. The molecule has 0 atom stereocenters. The van der Waals surface area contributed by atoms with E-state index in [0.29, 0.717) is 0 Å². The van der Waals surface area contributed by atoms with E-state index in [-0.39, 0.29) is 25.8 Å². The first-order valence-corrected chi connectivity index (χ1v) is 3.40. The average molecular weight is 400 g/mol. The zero-order valence-corrected chi connectivity index (χ0v) is 11.8. The summed E-state index contributed by atoms with van der Waals surface area (Å²) in [6, 6.07) is 0. The number of carbonyl (C=O) groups is 3. The third-order valence-electron chi connectivity index (χ3n) is 0.535. The summed E-state index contributed by atoms with van der Waals surface area (Å²) in [4.78, 5) is 26.5. The molecule has 0 radical (unpaired) electrons. The maximum atomic E-state index is 10.5. The normalized spacial score (nSPS) is 8.68. The van der Waals surface area contributed by atoms with E-state index in [0.717, 1.165) is 0 Å². The van der Waals surface area contributed by atoms with Gasteiger partial charge in [0.15, 0.2) is 0 Å².